The van der Waals surface area contributed by atoms with Crippen molar-refractivity contribution in [1.82, 2.24) is 0 Å². The van der Waals surface area contributed by atoms with Gasteiger partial charge in [-0.2, -0.15) is 8.42 Å². The number of anilines is 1. The molecule has 21 heavy (non-hydrogen) atoms. The second-order valence-corrected chi connectivity index (χ2v) is 6.39. The van der Waals surface area contributed by atoms with Gasteiger partial charge in [-0.3, -0.25) is 4.55 Å². The predicted octanol–water partition coefficient (Wildman–Crippen LogP) is 3.14. The summed E-state index contributed by atoms with van der Waals surface area (Å²) in [5, 5.41) is -0.959. The van der Waals surface area contributed by atoms with Crippen LogP contribution in [0.3, 0.4) is 0 Å². The third kappa shape index (κ3) is 4.06. The number of hydrogen-bond donors (Lipinski definition) is 1. The summed E-state index contributed by atoms with van der Waals surface area (Å²) in [6.45, 7) is 2.82. The summed E-state index contributed by atoms with van der Waals surface area (Å²) < 4.78 is 33.1. The Morgan fingerprint density at radius 1 is 1.00 bits per heavy atom. The molecule has 1 atom stereocenters. The molecular formula is C16H19NO3S. The van der Waals surface area contributed by atoms with E-state index in [4.69, 9.17) is 0 Å². The Morgan fingerprint density at radius 3 is 2.00 bits per heavy atom. The van der Waals surface area contributed by atoms with Gasteiger partial charge in [-0.15, -0.1) is 0 Å². The van der Waals surface area contributed by atoms with Crippen LogP contribution in [0.1, 0.15) is 17.7 Å². The van der Waals surface area contributed by atoms with Gasteiger partial charge in [-0.1, -0.05) is 48.5 Å². The summed E-state index contributed by atoms with van der Waals surface area (Å²) in [5.41, 5.74) is 1.53. The maximum atomic E-state index is 11.7. The van der Waals surface area contributed by atoms with Gasteiger partial charge in [0.05, 0.1) is 0 Å². The van der Waals surface area contributed by atoms with E-state index in [-0.39, 0.29) is 6.54 Å². The molecule has 2 aromatic carbocycles. The zero-order valence-electron chi connectivity index (χ0n) is 11.9. The predicted molar refractivity (Wildman–Crippen MR) is 85.1 cm³/mol. The van der Waals surface area contributed by atoms with E-state index < -0.39 is 15.4 Å². The van der Waals surface area contributed by atoms with Crippen molar-refractivity contribution in [1.29, 1.82) is 0 Å². The topological polar surface area (TPSA) is 57.6 Å². The number of hydrogen-bond acceptors (Lipinski definition) is 3. The molecule has 0 spiro atoms. The number of nitrogens with zero attached hydrogens (tertiary/aromatic N) is 1. The monoisotopic (exact) mass is 305 g/mol. The van der Waals surface area contributed by atoms with Gasteiger partial charge in [0.15, 0.2) is 0 Å². The van der Waals surface area contributed by atoms with Gasteiger partial charge in [0.2, 0.25) is 0 Å². The van der Waals surface area contributed by atoms with Gasteiger partial charge < -0.3 is 4.90 Å². The quantitative estimate of drug-likeness (QED) is 0.833. The summed E-state index contributed by atoms with van der Waals surface area (Å²) >= 11 is 0. The minimum Gasteiger partial charge on any atom is -0.370 e. The molecule has 0 aliphatic carbocycles. The van der Waals surface area contributed by atoms with Crippen LogP contribution in [0.5, 0.6) is 0 Å². The van der Waals surface area contributed by atoms with E-state index >= 15 is 0 Å². The average molecular weight is 305 g/mol. The molecule has 1 N–H and O–H groups in total. The first-order valence-electron chi connectivity index (χ1n) is 6.83. The van der Waals surface area contributed by atoms with Crippen LogP contribution < -0.4 is 4.90 Å². The zero-order chi connectivity index (χ0) is 15.3. The van der Waals surface area contributed by atoms with Crippen LogP contribution in [0.15, 0.2) is 60.7 Å². The normalized spacial score (nSPS) is 12.9. The zero-order valence-corrected chi connectivity index (χ0v) is 12.7. The van der Waals surface area contributed by atoms with E-state index in [1.165, 1.54) is 0 Å². The van der Waals surface area contributed by atoms with Crippen molar-refractivity contribution in [2.75, 3.05) is 18.0 Å². The lowest BCUT2D eigenvalue weighted by molar-refractivity contribution is 0.467. The molecule has 0 aromatic heterocycles. The standard InChI is InChI=1S/C16H19NO3S/c1-2-17(15-11-7-4-8-12-15)13-16(21(18,19)20)14-9-5-3-6-10-14/h3-12,16H,2,13H2,1H3,(H,18,19,20). The Kier molecular flexibility index (Phi) is 4.98. The lowest BCUT2D eigenvalue weighted by atomic mass is 10.1. The molecule has 1 unspecified atom stereocenters. The summed E-state index contributed by atoms with van der Waals surface area (Å²) in [7, 11) is -4.17. The number of benzene rings is 2. The van der Waals surface area contributed by atoms with Crippen LogP contribution in [0.25, 0.3) is 0 Å². The molecular weight excluding hydrogens is 286 g/mol. The summed E-state index contributed by atoms with van der Waals surface area (Å²) in [6, 6.07) is 18.4. The highest BCUT2D eigenvalue weighted by molar-refractivity contribution is 7.86. The fraction of sp³-hybridized carbons (Fsp3) is 0.250. The molecule has 0 heterocycles. The first kappa shape index (κ1) is 15.5. The van der Waals surface area contributed by atoms with Crippen molar-refractivity contribution in [3.63, 3.8) is 0 Å². The van der Waals surface area contributed by atoms with E-state index in [0.717, 1.165) is 5.69 Å². The molecule has 0 saturated carbocycles. The maximum absolute atomic E-state index is 11.7. The molecule has 0 amide bonds. The number of rotatable bonds is 6. The molecule has 5 heteroatoms. The third-order valence-corrected chi connectivity index (χ3v) is 4.56. The van der Waals surface area contributed by atoms with E-state index in [2.05, 4.69) is 0 Å². The van der Waals surface area contributed by atoms with Crippen molar-refractivity contribution in [2.24, 2.45) is 0 Å². The first-order chi connectivity index (χ1) is 10.0. The molecule has 0 aliphatic heterocycles. The molecule has 0 saturated heterocycles. The Labute approximate surface area is 125 Å². The van der Waals surface area contributed by atoms with Crippen molar-refractivity contribution in [2.45, 2.75) is 12.2 Å². The Bertz CT molecular complexity index is 656. The molecule has 0 fully saturated rings. The highest BCUT2D eigenvalue weighted by Crippen LogP contribution is 2.25. The minimum absolute atomic E-state index is 0.212. The second-order valence-electron chi connectivity index (χ2n) is 4.79. The van der Waals surface area contributed by atoms with Gasteiger partial charge in [-0.05, 0) is 24.6 Å². The van der Waals surface area contributed by atoms with Crippen LogP contribution in [-0.2, 0) is 10.1 Å². The van der Waals surface area contributed by atoms with Gasteiger partial charge in [0.1, 0.15) is 5.25 Å². The van der Waals surface area contributed by atoms with Crippen LogP contribution >= 0.6 is 0 Å². The maximum Gasteiger partial charge on any atom is 0.273 e. The Balaban J connectivity index is 2.31. The largest absolute Gasteiger partial charge is 0.370 e. The summed E-state index contributed by atoms with van der Waals surface area (Å²) in [5.74, 6) is 0. The fourth-order valence-electron chi connectivity index (χ4n) is 2.30. The van der Waals surface area contributed by atoms with E-state index in [1.807, 2.05) is 48.2 Å². The van der Waals surface area contributed by atoms with Crippen molar-refractivity contribution in [3.05, 3.63) is 66.2 Å². The summed E-state index contributed by atoms with van der Waals surface area (Å²) in [6.07, 6.45) is 0. The van der Waals surface area contributed by atoms with Crippen molar-refractivity contribution in [3.8, 4) is 0 Å². The highest BCUT2D eigenvalue weighted by atomic mass is 32.2. The molecule has 0 bridgehead atoms. The van der Waals surface area contributed by atoms with Gasteiger partial charge in [0, 0.05) is 18.8 Å². The highest BCUT2D eigenvalue weighted by Gasteiger charge is 2.27. The molecule has 2 aromatic rings. The number of likely N-dealkylation sites (N-methyl/N-ethyl adjacent to an activating group) is 1. The van der Waals surface area contributed by atoms with E-state index in [9.17, 15) is 13.0 Å². The second kappa shape index (κ2) is 6.74. The fourth-order valence-corrected chi connectivity index (χ4v) is 3.16. The van der Waals surface area contributed by atoms with Gasteiger partial charge >= 0.3 is 0 Å². The molecule has 0 aliphatic rings. The molecule has 0 radical (unpaired) electrons. The van der Waals surface area contributed by atoms with E-state index in [0.29, 0.717) is 12.1 Å². The number of para-hydroxylation sites is 1. The Hall–Kier alpha value is -1.85. The van der Waals surface area contributed by atoms with Crippen LogP contribution in [-0.4, -0.2) is 26.1 Å². The lowest BCUT2D eigenvalue weighted by Gasteiger charge is -2.27. The summed E-state index contributed by atoms with van der Waals surface area (Å²) in [4.78, 5) is 1.94. The van der Waals surface area contributed by atoms with Crippen LogP contribution in [0.4, 0.5) is 5.69 Å². The lowest BCUT2D eigenvalue weighted by Crippen LogP contribution is -2.31. The van der Waals surface area contributed by atoms with Gasteiger partial charge in [-0.25, -0.2) is 0 Å². The van der Waals surface area contributed by atoms with Crippen LogP contribution in [0, 0.1) is 0 Å². The smallest absolute Gasteiger partial charge is 0.273 e. The Morgan fingerprint density at radius 2 is 1.52 bits per heavy atom. The third-order valence-electron chi connectivity index (χ3n) is 3.42. The minimum atomic E-state index is -4.17. The van der Waals surface area contributed by atoms with Crippen molar-refractivity contribution >= 4 is 15.8 Å². The SMILES string of the molecule is CCN(CC(c1ccccc1)S(=O)(=O)O)c1ccccc1. The molecule has 2 rings (SSSR count). The van der Waals surface area contributed by atoms with Crippen LogP contribution in [0.2, 0.25) is 0 Å². The van der Waals surface area contributed by atoms with Gasteiger partial charge in [0.25, 0.3) is 10.1 Å². The average Bonchev–Trinajstić information content (AvgIpc) is 2.49. The first-order valence-corrected chi connectivity index (χ1v) is 8.34. The van der Waals surface area contributed by atoms with Crippen molar-refractivity contribution < 1.29 is 13.0 Å². The van der Waals surface area contributed by atoms with E-state index in [1.54, 1.807) is 24.3 Å². The molecule has 112 valence electrons. The molecule has 4 nitrogen and oxygen atoms in total.